The maximum atomic E-state index is 5.14. The maximum absolute atomic E-state index is 5.14. The number of nitrogens with zero attached hydrogens (tertiary/aromatic N) is 1. The molecular weight excluding hydrogens is 162 g/mol. The normalized spacial score (nSPS) is 9.92. The fourth-order valence-corrected chi connectivity index (χ4v) is 1.28. The molecule has 2 nitrogen and oxygen atoms in total. The molecule has 1 aromatic carbocycles. The Morgan fingerprint density at radius 2 is 1.85 bits per heavy atom. The first-order valence-electron chi connectivity index (χ1n) is 4.17. The van der Waals surface area contributed by atoms with Gasteiger partial charge in [0.05, 0.1) is 7.11 Å². The van der Waals surface area contributed by atoms with Crippen molar-refractivity contribution < 1.29 is 4.74 Å². The van der Waals surface area contributed by atoms with Gasteiger partial charge in [-0.1, -0.05) is 6.07 Å². The lowest BCUT2D eigenvalue weighted by Crippen LogP contribution is -1.90. The van der Waals surface area contributed by atoms with Gasteiger partial charge in [0.15, 0.2) is 0 Å². The molecule has 2 aromatic rings. The molecule has 66 valence electrons. The molecular formula is C11H11NO. The van der Waals surface area contributed by atoms with Crippen molar-refractivity contribution in [3.8, 4) is 11.4 Å². The van der Waals surface area contributed by atoms with Crippen LogP contribution in [-0.4, -0.2) is 11.7 Å². The zero-order valence-corrected chi connectivity index (χ0v) is 7.47. The van der Waals surface area contributed by atoms with E-state index in [-0.39, 0.29) is 0 Å². The highest BCUT2D eigenvalue weighted by Crippen LogP contribution is 2.15. The van der Waals surface area contributed by atoms with E-state index in [0.29, 0.717) is 0 Å². The van der Waals surface area contributed by atoms with Crippen molar-refractivity contribution in [1.82, 2.24) is 4.57 Å². The van der Waals surface area contributed by atoms with Crippen molar-refractivity contribution in [2.24, 2.45) is 0 Å². The molecule has 0 saturated carbocycles. The van der Waals surface area contributed by atoms with Gasteiger partial charge >= 0.3 is 0 Å². The monoisotopic (exact) mass is 173 g/mol. The van der Waals surface area contributed by atoms with Gasteiger partial charge in [-0.2, -0.15) is 0 Å². The van der Waals surface area contributed by atoms with Gasteiger partial charge in [-0.25, -0.2) is 0 Å². The van der Waals surface area contributed by atoms with Crippen molar-refractivity contribution in [1.29, 1.82) is 0 Å². The molecule has 0 spiro atoms. The number of aromatic nitrogens is 1. The second-order valence-corrected chi connectivity index (χ2v) is 2.79. The lowest BCUT2D eigenvalue weighted by atomic mass is 10.3. The van der Waals surface area contributed by atoms with Crippen LogP contribution in [0.1, 0.15) is 0 Å². The third-order valence-corrected chi connectivity index (χ3v) is 1.96. The van der Waals surface area contributed by atoms with E-state index >= 15 is 0 Å². The lowest BCUT2D eigenvalue weighted by Gasteiger charge is -2.04. The number of benzene rings is 1. The van der Waals surface area contributed by atoms with Gasteiger partial charge in [0.25, 0.3) is 0 Å². The Balaban J connectivity index is 2.41. The van der Waals surface area contributed by atoms with E-state index in [0.717, 1.165) is 11.4 Å². The summed E-state index contributed by atoms with van der Waals surface area (Å²) in [6.07, 6.45) is 4.02. The second kappa shape index (κ2) is 3.35. The smallest absolute Gasteiger partial charge is 0.120 e. The SMILES string of the molecule is COc1cccc(-n2cccc2)c1. The molecule has 0 saturated heterocycles. The van der Waals surface area contributed by atoms with Gasteiger partial charge in [0, 0.05) is 24.1 Å². The van der Waals surface area contributed by atoms with Crippen LogP contribution in [0.2, 0.25) is 0 Å². The van der Waals surface area contributed by atoms with Crippen LogP contribution < -0.4 is 4.74 Å². The number of hydrogen-bond acceptors (Lipinski definition) is 1. The largest absolute Gasteiger partial charge is 0.497 e. The van der Waals surface area contributed by atoms with Gasteiger partial charge in [0.1, 0.15) is 5.75 Å². The molecule has 2 heteroatoms. The summed E-state index contributed by atoms with van der Waals surface area (Å²) in [6.45, 7) is 0. The molecule has 0 N–H and O–H groups in total. The van der Waals surface area contributed by atoms with Gasteiger partial charge < -0.3 is 9.30 Å². The summed E-state index contributed by atoms with van der Waals surface area (Å²) in [6, 6.07) is 12.0. The van der Waals surface area contributed by atoms with E-state index in [1.165, 1.54) is 0 Å². The molecule has 0 unspecified atom stereocenters. The predicted octanol–water partition coefficient (Wildman–Crippen LogP) is 2.49. The Morgan fingerprint density at radius 1 is 1.08 bits per heavy atom. The van der Waals surface area contributed by atoms with Gasteiger partial charge in [-0.15, -0.1) is 0 Å². The van der Waals surface area contributed by atoms with Crippen molar-refractivity contribution in [2.45, 2.75) is 0 Å². The fourth-order valence-electron chi connectivity index (χ4n) is 1.28. The van der Waals surface area contributed by atoms with Crippen molar-refractivity contribution >= 4 is 0 Å². The first kappa shape index (κ1) is 7.92. The lowest BCUT2D eigenvalue weighted by molar-refractivity contribution is 0.414. The maximum Gasteiger partial charge on any atom is 0.120 e. The van der Waals surface area contributed by atoms with Crippen LogP contribution in [0, 0.1) is 0 Å². The van der Waals surface area contributed by atoms with E-state index in [4.69, 9.17) is 4.74 Å². The fraction of sp³-hybridized carbons (Fsp3) is 0.0909. The van der Waals surface area contributed by atoms with Gasteiger partial charge in [0.2, 0.25) is 0 Å². The molecule has 0 aliphatic carbocycles. The Kier molecular flexibility index (Phi) is 2.04. The summed E-state index contributed by atoms with van der Waals surface area (Å²) in [7, 11) is 1.68. The number of hydrogen-bond donors (Lipinski definition) is 0. The van der Waals surface area contributed by atoms with Crippen LogP contribution in [0.4, 0.5) is 0 Å². The van der Waals surface area contributed by atoms with E-state index in [2.05, 4.69) is 0 Å². The second-order valence-electron chi connectivity index (χ2n) is 2.79. The Hall–Kier alpha value is -1.70. The predicted molar refractivity (Wildman–Crippen MR) is 52.3 cm³/mol. The molecule has 13 heavy (non-hydrogen) atoms. The topological polar surface area (TPSA) is 14.2 Å². The summed E-state index contributed by atoms with van der Waals surface area (Å²) in [5.74, 6) is 0.881. The highest BCUT2D eigenvalue weighted by molar-refractivity contribution is 5.39. The van der Waals surface area contributed by atoms with E-state index in [9.17, 15) is 0 Å². The number of methoxy groups -OCH3 is 1. The molecule has 0 bridgehead atoms. The van der Waals surface area contributed by atoms with Crippen LogP contribution >= 0.6 is 0 Å². The van der Waals surface area contributed by atoms with E-state index in [1.807, 2.05) is 53.4 Å². The molecule has 0 atom stereocenters. The van der Waals surface area contributed by atoms with Crippen LogP contribution in [0.3, 0.4) is 0 Å². The van der Waals surface area contributed by atoms with Gasteiger partial charge in [-0.05, 0) is 24.3 Å². The molecule has 0 aliphatic heterocycles. The zero-order valence-electron chi connectivity index (χ0n) is 7.47. The third-order valence-electron chi connectivity index (χ3n) is 1.96. The van der Waals surface area contributed by atoms with Crippen LogP contribution in [0.25, 0.3) is 5.69 Å². The van der Waals surface area contributed by atoms with Gasteiger partial charge in [-0.3, -0.25) is 0 Å². The molecule has 0 aliphatic rings. The minimum Gasteiger partial charge on any atom is -0.497 e. The number of ether oxygens (including phenoxy) is 1. The summed E-state index contributed by atoms with van der Waals surface area (Å²) >= 11 is 0. The summed E-state index contributed by atoms with van der Waals surface area (Å²) in [5, 5.41) is 0. The quantitative estimate of drug-likeness (QED) is 0.680. The van der Waals surface area contributed by atoms with Crippen LogP contribution in [0.15, 0.2) is 48.8 Å². The summed E-state index contributed by atoms with van der Waals surface area (Å²) < 4.78 is 7.18. The third kappa shape index (κ3) is 1.56. The van der Waals surface area contributed by atoms with Crippen molar-refractivity contribution in [2.75, 3.05) is 7.11 Å². The van der Waals surface area contributed by atoms with Crippen molar-refractivity contribution in [3.05, 3.63) is 48.8 Å². The molecule has 1 aromatic heterocycles. The average Bonchev–Trinajstić information content (AvgIpc) is 2.71. The Labute approximate surface area is 77.4 Å². The summed E-state index contributed by atoms with van der Waals surface area (Å²) in [5.41, 5.74) is 1.12. The zero-order chi connectivity index (χ0) is 9.10. The molecule has 1 heterocycles. The van der Waals surface area contributed by atoms with E-state index < -0.39 is 0 Å². The first-order chi connectivity index (χ1) is 6.40. The van der Waals surface area contributed by atoms with Crippen LogP contribution in [-0.2, 0) is 0 Å². The molecule has 0 radical (unpaired) electrons. The summed E-state index contributed by atoms with van der Waals surface area (Å²) in [4.78, 5) is 0. The molecule has 2 rings (SSSR count). The molecule has 0 amide bonds. The number of rotatable bonds is 2. The van der Waals surface area contributed by atoms with Crippen LogP contribution in [0.5, 0.6) is 5.75 Å². The Bertz CT molecular complexity index is 379. The molecule has 0 fully saturated rings. The van der Waals surface area contributed by atoms with Crippen molar-refractivity contribution in [3.63, 3.8) is 0 Å². The highest BCUT2D eigenvalue weighted by atomic mass is 16.5. The minimum atomic E-state index is 0.881. The highest BCUT2D eigenvalue weighted by Gasteiger charge is 1.95. The van der Waals surface area contributed by atoms with E-state index in [1.54, 1.807) is 7.11 Å². The Morgan fingerprint density at radius 3 is 2.54 bits per heavy atom. The minimum absolute atomic E-state index is 0.881. The standard InChI is InChI=1S/C11H11NO/c1-13-11-6-4-5-10(9-11)12-7-2-3-8-12/h2-9H,1H3. The first-order valence-corrected chi connectivity index (χ1v) is 4.17. The average molecular weight is 173 g/mol.